The Bertz CT molecular complexity index is 1200. The molecule has 6 nitrogen and oxygen atoms in total. The van der Waals surface area contributed by atoms with E-state index in [0.717, 1.165) is 3.57 Å². The molecule has 154 valence electrons. The van der Waals surface area contributed by atoms with Crippen molar-refractivity contribution >= 4 is 75.1 Å². The van der Waals surface area contributed by atoms with Gasteiger partial charge in [-0.3, -0.25) is 19.8 Å². The minimum Gasteiger partial charge on any atom is -0.457 e. The molecule has 1 saturated heterocycles. The second kappa shape index (κ2) is 9.13. The van der Waals surface area contributed by atoms with E-state index in [-0.39, 0.29) is 15.8 Å². The highest BCUT2D eigenvalue weighted by atomic mass is 127. The fourth-order valence-electron chi connectivity index (χ4n) is 2.88. The fourth-order valence-corrected chi connectivity index (χ4v) is 4.10. The van der Waals surface area contributed by atoms with E-state index in [0.29, 0.717) is 22.7 Å². The maximum atomic E-state index is 13.2. The Balaban J connectivity index is 1.63. The average molecular weight is 562 g/mol. The molecule has 1 N–H and O–H groups in total. The summed E-state index contributed by atoms with van der Waals surface area (Å²) in [5, 5.41) is 2.75. The first-order valence-corrected chi connectivity index (χ1v) is 10.8. The van der Waals surface area contributed by atoms with Crippen LogP contribution in [0, 0.1) is 3.57 Å². The third-order valence-electron chi connectivity index (χ3n) is 4.35. The number of anilines is 1. The van der Waals surface area contributed by atoms with Gasteiger partial charge in [-0.2, -0.15) is 0 Å². The van der Waals surface area contributed by atoms with Crippen LogP contribution in [0.3, 0.4) is 0 Å². The molecular formula is C22H13ClIN3O3S. The summed E-state index contributed by atoms with van der Waals surface area (Å²) in [6.07, 6.45) is 2.98. The zero-order chi connectivity index (χ0) is 22.0. The number of thiocarbonyl (C=S) groups is 1. The maximum absolute atomic E-state index is 13.2. The monoisotopic (exact) mass is 561 g/mol. The molecule has 1 aliphatic rings. The largest absolute Gasteiger partial charge is 0.457 e. The van der Waals surface area contributed by atoms with Crippen molar-refractivity contribution in [3.05, 3.63) is 86.7 Å². The fraction of sp³-hybridized carbons (Fsp3) is 0. The number of carbonyl (C=O) groups excluding carboxylic acids is 2. The highest BCUT2D eigenvalue weighted by Crippen LogP contribution is 2.28. The summed E-state index contributed by atoms with van der Waals surface area (Å²) in [6.45, 7) is 0. The predicted octanol–water partition coefficient (Wildman–Crippen LogP) is 4.96. The van der Waals surface area contributed by atoms with Crippen LogP contribution in [-0.4, -0.2) is 21.9 Å². The number of pyridine rings is 1. The van der Waals surface area contributed by atoms with Crippen molar-refractivity contribution in [1.29, 1.82) is 0 Å². The van der Waals surface area contributed by atoms with Gasteiger partial charge in [-0.05, 0) is 83.3 Å². The Morgan fingerprint density at radius 1 is 1.03 bits per heavy atom. The topological polar surface area (TPSA) is 71.5 Å². The molecule has 31 heavy (non-hydrogen) atoms. The Morgan fingerprint density at radius 2 is 1.71 bits per heavy atom. The number of amides is 2. The van der Waals surface area contributed by atoms with Crippen LogP contribution in [0.5, 0.6) is 11.5 Å². The summed E-state index contributed by atoms with van der Waals surface area (Å²) >= 11 is 13.5. The predicted molar refractivity (Wildman–Crippen MR) is 131 cm³/mol. The second-order valence-electron chi connectivity index (χ2n) is 6.36. The van der Waals surface area contributed by atoms with Gasteiger partial charge in [0.15, 0.2) is 5.11 Å². The molecule has 0 aliphatic carbocycles. The number of nitrogens with one attached hydrogen (secondary N) is 1. The van der Waals surface area contributed by atoms with E-state index in [1.807, 2.05) is 30.3 Å². The highest BCUT2D eigenvalue weighted by Gasteiger charge is 2.34. The van der Waals surface area contributed by atoms with Gasteiger partial charge in [0.1, 0.15) is 22.2 Å². The lowest BCUT2D eigenvalue weighted by Gasteiger charge is -2.29. The lowest BCUT2D eigenvalue weighted by molar-refractivity contribution is -0.122. The van der Waals surface area contributed by atoms with Crippen molar-refractivity contribution in [2.75, 3.05) is 4.90 Å². The summed E-state index contributed by atoms with van der Waals surface area (Å²) < 4.78 is 6.54. The molecule has 1 fully saturated rings. The molecule has 4 rings (SSSR count). The van der Waals surface area contributed by atoms with E-state index in [9.17, 15) is 9.59 Å². The van der Waals surface area contributed by atoms with Crippen LogP contribution >= 0.6 is 46.4 Å². The minimum absolute atomic E-state index is 0.00383. The number of carbonyl (C=O) groups is 2. The summed E-state index contributed by atoms with van der Waals surface area (Å²) in [6, 6.07) is 17.9. The number of hydrogen-bond acceptors (Lipinski definition) is 5. The first-order valence-electron chi connectivity index (χ1n) is 8.98. The standard InChI is InChI=1S/C22H13ClIN3O3S/c23-19-16(18(24)10-11-25-19)12-17-20(28)26-22(31)27(21(17)29)13-6-8-15(9-7-13)30-14-4-2-1-3-5-14/h1-12H,(H,26,28,31)/b17-12+. The van der Waals surface area contributed by atoms with Crippen LogP contribution in [0.25, 0.3) is 6.08 Å². The molecular weight excluding hydrogens is 549 g/mol. The van der Waals surface area contributed by atoms with Gasteiger partial charge in [0.25, 0.3) is 11.8 Å². The Hall–Kier alpha value is -2.82. The maximum Gasteiger partial charge on any atom is 0.270 e. The van der Waals surface area contributed by atoms with Crippen LogP contribution in [0.2, 0.25) is 5.15 Å². The van der Waals surface area contributed by atoms with Gasteiger partial charge in [0.2, 0.25) is 0 Å². The summed E-state index contributed by atoms with van der Waals surface area (Å²) in [7, 11) is 0. The molecule has 1 aromatic heterocycles. The molecule has 2 heterocycles. The number of rotatable bonds is 4. The zero-order valence-electron chi connectivity index (χ0n) is 15.7. The van der Waals surface area contributed by atoms with Crippen LogP contribution in [0.1, 0.15) is 5.56 Å². The van der Waals surface area contributed by atoms with Crippen molar-refractivity contribution in [3.8, 4) is 11.5 Å². The molecule has 2 aromatic carbocycles. The Labute approximate surface area is 202 Å². The van der Waals surface area contributed by atoms with Gasteiger partial charge in [-0.25, -0.2) is 4.98 Å². The van der Waals surface area contributed by atoms with Gasteiger partial charge < -0.3 is 4.74 Å². The van der Waals surface area contributed by atoms with Crippen molar-refractivity contribution in [3.63, 3.8) is 0 Å². The van der Waals surface area contributed by atoms with Gasteiger partial charge in [-0.15, -0.1) is 0 Å². The first kappa shape index (κ1) is 21.4. The quantitative estimate of drug-likeness (QED) is 0.160. The third-order valence-corrected chi connectivity index (χ3v) is 5.88. The van der Waals surface area contributed by atoms with Crippen molar-refractivity contribution in [2.24, 2.45) is 0 Å². The summed E-state index contributed by atoms with van der Waals surface area (Å²) in [5.74, 6) is 0.147. The van der Waals surface area contributed by atoms with Crippen molar-refractivity contribution in [2.45, 2.75) is 0 Å². The van der Waals surface area contributed by atoms with E-state index < -0.39 is 11.8 Å². The molecule has 0 spiro atoms. The molecule has 0 atom stereocenters. The van der Waals surface area contributed by atoms with E-state index in [4.69, 9.17) is 28.6 Å². The molecule has 9 heteroatoms. The Kier molecular flexibility index (Phi) is 6.30. The van der Waals surface area contributed by atoms with Gasteiger partial charge in [0, 0.05) is 15.3 Å². The Morgan fingerprint density at radius 3 is 2.39 bits per heavy atom. The zero-order valence-corrected chi connectivity index (χ0v) is 19.4. The average Bonchev–Trinajstić information content (AvgIpc) is 2.75. The van der Waals surface area contributed by atoms with Gasteiger partial charge in [0.05, 0.1) is 5.69 Å². The van der Waals surface area contributed by atoms with Gasteiger partial charge in [-0.1, -0.05) is 29.8 Å². The van der Waals surface area contributed by atoms with Crippen LogP contribution in [0.15, 0.2) is 72.4 Å². The number of halogens is 2. The van der Waals surface area contributed by atoms with E-state index in [1.54, 1.807) is 36.5 Å². The summed E-state index contributed by atoms with van der Waals surface area (Å²) in [4.78, 5) is 30.9. The molecule has 0 bridgehead atoms. The van der Waals surface area contributed by atoms with Crippen molar-refractivity contribution in [1.82, 2.24) is 10.3 Å². The number of aromatic nitrogens is 1. The summed E-state index contributed by atoms with van der Waals surface area (Å²) in [5.41, 5.74) is 0.891. The molecule has 2 amide bonds. The third kappa shape index (κ3) is 4.60. The van der Waals surface area contributed by atoms with E-state index >= 15 is 0 Å². The van der Waals surface area contributed by atoms with Crippen molar-refractivity contribution < 1.29 is 14.3 Å². The smallest absolute Gasteiger partial charge is 0.270 e. The molecule has 0 unspecified atom stereocenters. The van der Waals surface area contributed by atoms with E-state index in [2.05, 4.69) is 32.9 Å². The molecule has 1 aliphatic heterocycles. The SMILES string of the molecule is O=C1NC(=S)N(c2ccc(Oc3ccccc3)cc2)C(=O)/C1=C/c1c(I)ccnc1Cl. The number of para-hydroxylation sites is 1. The van der Waals surface area contributed by atoms with Crippen LogP contribution in [-0.2, 0) is 9.59 Å². The van der Waals surface area contributed by atoms with Gasteiger partial charge >= 0.3 is 0 Å². The lowest BCUT2D eigenvalue weighted by Crippen LogP contribution is -2.54. The highest BCUT2D eigenvalue weighted by molar-refractivity contribution is 14.1. The van der Waals surface area contributed by atoms with Crippen LogP contribution in [0.4, 0.5) is 5.69 Å². The number of benzene rings is 2. The minimum atomic E-state index is -0.592. The second-order valence-corrected chi connectivity index (χ2v) is 8.27. The number of hydrogen-bond donors (Lipinski definition) is 1. The molecule has 0 radical (unpaired) electrons. The number of ether oxygens (including phenoxy) is 1. The molecule has 3 aromatic rings. The molecule has 0 saturated carbocycles. The lowest BCUT2D eigenvalue weighted by atomic mass is 10.1. The first-order chi connectivity index (χ1) is 14.9. The number of nitrogens with zero attached hydrogens (tertiary/aromatic N) is 2. The normalized spacial score (nSPS) is 15.2. The van der Waals surface area contributed by atoms with E-state index in [1.165, 1.54) is 11.0 Å². The van der Waals surface area contributed by atoms with Crippen LogP contribution < -0.4 is 15.0 Å².